The van der Waals surface area contributed by atoms with Gasteiger partial charge in [0.05, 0.1) is 6.42 Å². The van der Waals surface area contributed by atoms with E-state index in [-0.39, 0.29) is 30.6 Å². The number of likely N-dealkylation sites (tertiary alicyclic amines) is 1. The van der Waals surface area contributed by atoms with E-state index in [1.54, 1.807) is 6.20 Å². The number of nitrogens with zero attached hydrogens (tertiary/aromatic N) is 3. The number of nitrogens with one attached hydrogen (secondary N) is 1. The Hall–Kier alpha value is -3.62. The van der Waals surface area contributed by atoms with E-state index in [1.165, 1.54) is 4.90 Å². The highest BCUT2D eigenvalue weighted by Gasteiger charge is 2.55. The predicted molar refractivity (Wildman–Crippen MR) is 131 cm³/mol. The maximum Gasteiger partial charge on any atom is 0.325 e. The molecule has 2 fully saturated rings. The molecule has 5 rings (SSSR count). The van der Waals surface area contributed by atoms with Crippen molar-refractivity contribution in [3.8, 4) is 11.5 Å². The molecule has 4 amide bonds. The zero-order valence-corrected chi connectivity index (χ0v) is 20.6. The highest BCUT2D eigenvalue weighted by molar-refractivity contribution is 6.07. The van der Waals surface area contributed by atoms with Crippen LogP contribution in [0.4, 0.5) is 4.79 Å². The van der Waals surface area contributed by atoms with Crippen LogP contribution in [-0.2, 0) is 22.4 Å². The van der Waals surface area contributed by atoms with E-state index in [0.29, 0.717) is 63.2 Å². The average molecular weight is 493 g/mol. The summed E-state index contributed by atoms with van der Waals surface area (Å²) >= 11 is 0. The standard InChI is InChI=1S/C27H32N4O5/c1-2-11-27(25(33)31(26(34)29-27)15-10-21-5-3-4-12-28-21)20-8-13-30(14-9-20)24(32)17-19-6-7-22-23(16-19)36-18-35-22/h3-7,12,16,20H,2,8-11,13-15,17-18H2,1H3,(H,29,34). The van der Waals surface area contributed by atoms with Crippen molar-refractivity contribution in [3.05, 3.63) is 53.9 Å². The Morgan fingerprint density at radius 1 is 1.14 bits per heavy atom. The lowest BCUT2D eigenvalue weighted by Crippen LogP contribution is -2.56. The third kappa shape index (κ3) is 4.62. The molecular formula is C27H32N4O5. The first-order valence-electron chi connectivity index (χ1n) is 12.7. The second kappa shape index (κ2) is 10.2. The lowest BCUT2D eigenvalue weighted by molar-refractivity contribution is -0.136. The molecule has 1 atom stereocenters. The summed E-state index contributed by atoms with van der Waals surface area (Å²) in [6.45, 7) is 3.67. The van der Waals surface area contributed by atoms with Gasteiger partial charge in [0, 0.05) is 37.9 Å². The fourth-order valence-corrected chi connectivity index (χ4v) is 5.62. The van der Waals surface area contributed by atoms with Gasteiger partial charge in [-0.25, -0.2) is 4.79 Å². The van der Waals surface area contributed by atoms with E-state index < -0.39 is 5.54 Å². The molecule has 0 radical (unpaired) electrons. The van der Waals surface area contributed by atoms with Crippen molar-refractivity contribution in [2.75, 3.05) is 26.4 Å². The second-order valence-corrected chi connectivity index (χ2v) is 9.70. The Morgan fingerprint density at radius 2 is 1.94 bits per heavy atom. The number of benzene rings is 1. The summed E-state index contributed by atoms with van der Waals surface area (Å²) in [6.07, 6.45) is 5.24. The van der Waals surface area contributed by atoms with Gasteiger partial charge in [-0.3, -0.25) is 19.5 Å². The molecular weight excluding hydrogens is 460 g/mol. The van der Waals surface area contributed by atoms with Crippen molar-refractivity contribution in [2.45, 2.75) is 51.0 Å². The zero-order valence-electron chi connectivity index (χ0n) is 20.6. The van der Waals surface area contributed by atoms with E-state index in [2.05, 4.69) is 10.3 Å². The number of hydrogen-bond acceptors (Lipinski definition) is 6. The first-order valence-corrected chi connectivity index (χ1v) is 12.7. The van der Waals surface area contributed by atoms with E-state index in [0.717, 1.165) is 17.7 Å². The number of carbonyl (C=O) groups is 3. The van der Waals surface area contributed by atoms with Crippen molar-refractivity contribution in [2.24, 2.45) is 5.92 Å². The van der Waals surface area contributed by atoms with Crippen molar-refractivity contribution in [1.29, 1.82) is 0 Å². The number of rotatable bonds is 8. The van der Waals surface area contributed by atoms with Crippen LogP contribution >= 0.6 is 0 Å². The summed E-state index contributed by atoms with van der Waals surface area (Å²) in [5, 5.41) is 3.07. The third-order valence-corrected chi connectivity index (χ3v) is 7.50. The number of pyridine rings is 1. The van der Waals surface area contributed by atoms with Gasteiger partial charge in [-0.05, 0) is 55.0 Å². The molecule has 0 spiro atoms. The van der Waals surface area contributed by atoms with Crippen LogP contribution in [0.1, 0.15) is 43.9 Å². The molecule has 0 aliphatic carbocycles. The minimum absolute atomic E-state index is 0.0108. The lowest BCUT2D eigenvalue weighted by Gasteiger charge is -2.41. The number of ether oxygens (including phenoxy) is 2. The number of hydrogen-bond donors (Lipinski definition) is 1. The smallest absolute Gasteiger partial charge is 0.325 e. The summed E-state index contributed by atoms with van der Waals surface area (Å²) in [6, 6.07) is 10.9. The molecule has 3 aliphatic heterocycles. The Bertz CT molecular complexity index is 1130. The molecule has 1 unspecified atom stereocenters. The van der Waals surface area contributed by atoms with Crippen LogP contribution in [0.15, 0.2) is 42.6 Å². The van der Waals surface area contributed by atoms with Crippen molar-refractivity contribution < 1.29 is 23.9 Å². The van der Waals surface area contributed by atoms with Gasteiger partial charge >= 0.3 is 6.03 Å². The molecule has 9 heteroatoms. The number of aromatic nitrogens is 1. The Labute approximate surface area is 210 Å². The number of piperidine rings is 1. The van der Waals surface area contributed by atoms with Crippen LogP contribution in [0.2, 0.25) is 0 Å². The summed E-state index contributed by atoms with van der Waals surface area (Å²) in [5.74, 6) is 1.27. The first kappa shape index (κ1) is 24.1. The van der Waals surface area contributed by atoms with E-state index >= 15 is 0 Å². The molecule has 36 heavy (non-hydrogen) atoms. The summed E-state index contributed by atoms with van der Waals surface area (Å²) in [4.78, 5) is 47.0. The Morgan fingerprint density at radius 3 is 2.69 bits per heavy atom. The normalized spacial score (nSPS) is 21.7. The molecule has 190 valence electrons. The summed E-state index contributed by atoms with van der Waals surface area (Å²) in [5.41, 5.74) is 0.832. The monoisotopic (exact) mass is 492 g/mol. The van der Waals surface area contributed by atoms with Crippen LogP contribution in [0.25, 0.3) is 0 Å². The first-order chi connectivity index (χ1) is 17.5. The predicted octanol–water partition coefficient (Wildman–Crippen LogP) is 2.92. The van der Waals surface area contributed by atoms with E-state index in [9.17, 15) is 14.4 Å². The van der Waals surface area contributed by atoms with Gasteiger partial charge < -0.3 is 19.7 Å². The van der Waals surface area contributed by atoms with Crippen LogP contribution in [0, 0.1) is 5.92 Å². The fraction of sp³-hybridized carbons (Fsp3) is 0.481. The zero-order chi connectivity index (χ0) is 25.1. The maximum absolute atomic E-state index is 13.6. The third-order valence-electron chi connectivity index (χ3n) is 7.50. The van der Waals surface area contributed by atoms with Crippen molar-refractivity contribution in [3.63, 3.8) is 0 Å². The lowest BCUT2D eigenvalue weighted by atomic mass is 9.74. The van der Waals surface area contributed by atoms with E-state index in [4.69, 9.17) is 9.47 Å². The van der Waals surface area contributed by atoms with Crippen LogP contribution in [0.3, 0.4) is 0 Å². The topological polar surface area (TPSA) is 101 Å². The number of fused-ring (bicyclic) bond motifs is 1. The SMILES string of the molecule is CCCC1(C2CCN(C(=O)Cc3ccc4c(c3)OCO4)CC2)NC(=O)N(CCc2ccccn2)C1=O. The molecule has 1 aromatic carbocycles. The quantitative estimate of drug-likeness (QED) is 0.569. The Kier molecular flexibility index (Phi) is 6.80. The van der Waals surface area contributed by atoms with Gasteiger partial charge in [0.2, 0.25) is 12.7 Å². The molecule has 2 saturated heterocycles. The highest BCUT2D eigenvalue weighted by Crippen LogP contribution is 2.37. The molecule has 0 saturated carbocycles. The van der Waals surface area contributed by atoms with Gasteiger partial charge in [-0.1, -0.05) is 25.5 Å². The van der Waals surface area contributed by atoms with Crippen LogP contribution in [-0.4, -0.2) is 64.6 Å². The number of amides is 4. The van der Waals surface area contributed by atoms with Gasteiger partial charge in [0.15, 0.2) is 11.5 Å². The van der Waals surface area contributed by atoms with E-state index in [1.807, 2.05) is 48.2 Å². The minimum atomic E-state index is -0.900. The molecule has 1 aromatic heterocycles. The molecule has 2 aromatic rings. The van der Waals surface area contributed by atoms with Crippen molar-refractivity contribution >= 4 is 17.8 Å². The van der Waals surface area contributed by atoms with Gasteiger partial charge in [0.25, 0.3) is 5.91 Å². The second-order valence-electron chi connectivity index (χ2n) is 9.70. The van der Waals surface area contributed by atoms with Gasteiger partial charge in [-0.15, -0.1) is 0 Å². The number of urea groups is 1. The molecule has 1 N–H and O–H groups in total. The highest BCUT2D eigenvalue weighted by atomic mass is 16.7. The number of carbonyl (C=O) groups excluding carboxylic acids is 3. The molecule has 9 nitrogen and oxygen atoms in total. The van der Waals surface area contributed by atoms with Gasteiger partial charge in [-0.2, -0.15) is 0 Å². The minimum Gasteiger partial charge on any atom is -0.454 e. The molecule has 0 bridgehead atoms. The largest absolute Gasteiger partial charge is 0.454 e. The Balaban J connectivity index is 1.21. The summed E-state index contributed by atoms with van der Waals surface area (Å²) < 4.78 is 10.8. The molecule has 4 heterocycles. The van der Waals surface area contributed by atoms with Crippen LogP contribution in [0.5, 0.6) is 11.5 Å². The number of imide groups is 1. The molecule has 3 aliphatic rings. The van der Waals surface area contributed by atoms with Gasteiger partial charge in [0.1, 0.15) is 5.54 Å². The van der Waals surface area contributed by atoms with Crippen molar-refractivity contribution in [1.82, 2.24) is 20.1 Å². The maximum atomic E-state index is 13.6. The fourth-order valence-electron chi connectivity index (χ4n) is 5.62. The van der Waals surface area contributed by atoms with Crippen LogP contribution < -0.4 is 14.8 Å². The summed E-state index contributed by atoms with van der Waals surface area (Å²) in [7, 11) is 0. The average Bonchev–Trinajstić information content (AvgIpc) is 3.46.